The molecular formula is C23H15F6N3O2. The lowest BCUT2D eigenvalue weighted by atomic mass is 10.1. The molecule has 0 fully saturated rings. The van der Waals surface area contributed by atoms with Gasteiger partial charge >= 0.3 is 6.18 Å². The average Bonchev–Trinajstić information content (AvgIpc) is 3.22. The van der Waals surface area contributed by atoms with Gasteiger partial charge < -0.3 is 14.9 Å². The molecule has 11 heteroatoms. The van der Waals surface area contributed by atoms with Gasteiger partial charge in [0.1, 0.15) is 28.8 Å². The Morgan fingerprint density at radius 2 is 1.65 bits per heavy atom. The van der Waals surface area contributed by atoms with Crippen molar-refractivity contribution in [3.63, 3.8) is 0 Å². The van der Waals surface area contributed by atoms with Crippen molar-refractivity contribution in [1.82, 2.24) is 10.1 Å². The fraction of sp³-hybridized carbons (Fsp3) is 0.130. The second kappa shape index (κ2) is 8.73. The first-order valence-electron chi connectivity index (χ1n) is 9.75. The number of nitrogens with one attached hydrogen (secondary N) is 1. The molecule has 4 aromatic rings. The molecule has 0 bridgehead atoms. The van der Waals surface area contributed by atoms with Crippen LogP contribution in [0.15, 0.2) is 53.1 Å². The van der Waals surface area contributed by atoms with E-state index in [9.17, 15) is 31.4 Å². The number of aryl methyl sites for hydroxylation is 1. The number of benzene rings is 3. The molecule has 1 heterocycles. The van der Waals surface area contributed by atoms with Gasteiger partial charge in [-0.25, -0.2) is 13.2 Å². The number of nitrogens with zero attached hydrogens (tertiary/aromatic N) is 2. The van der Waals surface area contributed by atoms with Crippen molar-refractivity contribution in [1.29, 1.82) is 0 Å². The number of alkyl halides is 3. The van der Waals surface area contributed by atoms with Gasteiger partial charge in [-0.1, -0.05) is 23.4 Å². The average molecular weight is 479 g/mol. The zero-order valence-corrected chi connectivity index (χ0v) is 17.3. The second-order valence-electron chi connectivity index (χ2n) is 7.40. The van der Waals surface area contributed by atoms with Crippen molar-refractivity contribution in [2.75, 3.05) is 5.32 Å². The molecule has 34 heavy (non-hydrogen) atoms. The van der Waals surface area contributed by atoms with Crippen molar-refractivity contribution in [3.8, 4) is 28.6 Å². The first-order valence-corrected chi connectivity index (χ1v) is 9.75. The van der Waals surface area contributed by atoms with E-state index in [0.717, 1.165) is 17.7 Å². The molecule has 176 valence electrons. The Morgan fingerprint density at radius 1 is 0.941 bits per heavy atom. The molecule has 0 spiro atoms. The Bertz CT molecular complexity index is 1340. The Labute approximate surface area is 188 Å². The first-order chi connectivity index (χ1) is 16.0. The molecule has 0 aliphatic rings. The molecule has 2 N–H and O–H groups in total. The monoisotopic (exact) mass is 479 g/mol. The van der Waals surface area contributed by atoms with Crippen LogP contribution in [0.25, 0.3) is 22.8 Å². The Kier molecular flexibility index (Phi) is 5.94. The minimum atomic E-state index is -4.82. The highest BCUT2D eigenvalue weighted by Gasteiger charge is 2.34. The molecule has 4 rings (SSSR count). The predicted molar refractivity (Wildman–Crippen MR) is 110 cm³/mol. The highest BCUT2D eigenvalue weighted by Crippen LogP contribution is 2.33. The summed E-state index contributed by atoms with van der Waals surface area (Å²) in [6.07, 6.45) is -4.82. The van der Waals surface area contributed by atoms with Gasteiger partial charge in [0.15, 0.2) is 0 Å². The standard InChI is InChI=1S/C23H15F6N3O2/c1-11-2-4-13(21-31-22(34-32-21)20-17(25)8-14(33)9-18(20)26)7-19(11)30-10-12-3-5-16(24)15(6-12)23(27,28)29/h2-9,30,33H,10H2,1H3. The number of aromatic nitrogens is 2. The molecule has 1 aromatic heterocycles. The van der Waals surface area contributed by atoms with E-state index < -0.39 is 46.4 Å². The van der Waals surface area contributed by atoms with Gasteiger partial charge in [-0.05, 0) is 36.2 Å². The summed E-state index contributed by atoms with van der Waals surface area (Å²) in [6.45, 7) is 1.72. The molecule has 0 saturated heterocycles. The maximum Gasteiger partial charge on any atom is 0.419 e. The van der Waals surface area contributed by atoms with E-state index in [0.29, 0.717) is 23.4 Å². The van der Waals surface area contributed by atoms with E-state index in [1.165, 1.54) is 6.07 Å². The molecule has 0 aliphatic heterocycles. The predicted octanol–water partition coefficient (Wildman–Crippen LogP) is 6.47. The van der Waals surface area contributed by atoms with Crippen LogP contribution in [0.3, 0.4) is 0 Å². The summed E-state index contributed by atoms with van der Waals surface area (Å²) in [4.78, 5) is 4.01. The number of hydrogen-bond acceptors (Lipinski definition) is 5. The van der Waals surface area contributed by atoms with Crippen LogP contribution in [-0.2, 0) is 12.7 Å². The number of aromatic hydroxyl groups is 1. The Hall–Kier alpha value is -4.02. The quantitative estimate of drug-likeness (QED) is 0.321. The minimum absolute atomic E-state index is 0.00562. The molecule has 0 atom stereocenters. The minimum Gasteiger partial charge on any atom is -0.508 e. The third kappa shape index (κ3) is 4.68. The van der Waals surface area contributed by atoms with Crippen LogP contribution in [0.4, 0.5) is 32.0 Å². The van der Waals surface area contributed by atoms with E-state index in [4.69, 9.17) is 4.52 Å². The maximum absolute atomic E-state index is 14.1. The molecule has 0 saturated carbocycles. The lowest BCUT2D eigenvalue weighted by Gasteiger charge is -2.13. The summed E-state index contributed by atoms with van der Waals surface area (Å²) in [5.74, 6) is -4.56. The molecule has 0 aliphatic carbocycles. The van der Waals surface area contributed by atoms with E-state index >= 15 is 0 Å². The number of rotatable bonds is 5. The summed E-state index contributed by atoms with van der Waals surface area (Å²) in [5.41, 5.74) is -0.0921. The van der Waals surface area contributed by atoms with Crippen molar-refractivity contribution in [2.45, 2.75) is 19.6 Å². The Morgan fingerprint density at radius 3 is 2.32 bits per heavy atom. The van der Waals surface area contributed by atoms with Gasteiger partial charge in [-0.2, -0.15) is 18.2 Å². The summed E-state index contributed by atoms with van der Waals surface area (Å²) in [7, 11) is 0. The lowest BCUT2D eigenvalue weighted by Crippen LogP contribution is -2.10. The van der Waals surface area contributed by atoms with Gasteiger partial charge in [0.2, 0.25) is 5.82 Å². The molecule has 0 radical (unpaired) electrons. The van der Waals surface area contributed by atoms with Crippen molar-refractivity contribution in [3.05, 3.63) is 82.7 Å². The van der Waals surface area contributed by atoms with Crippen molar-refractivity contribution in [2.24, 2.45) is 0 Å². The number of anilines is 1. The van der Waals surface area contributed by atoms with Crippen LogP contribution in [-0.4, -0.2) is 15.2 Å². The fourth-order valence-corrected chi connectivity index (χ4v) is 3.25. The van der Waals surface area contributed by atoms with Gasteiger partial charge in [0.25, 0.3) is 5.89 Å². The van der Waals surface area contributed by atoms with Gasteiger partial charge in [0, 0.05) is 29.9 Å². The molecule has 5 nitrogen and oxygen atoms in total. The molecule has 0 amide bonds. The van der Waals surface area contributed by atoms with Crippen molar-refractivity contribution < 1.29 is 36.0 Å². The van der Waals surface area contributed by atoms with Crippen LogP contribution >= 0.6 is 0 Å². The number of phenols is 1. The van der Waals surface area contributed by atoms with Crippen molar-refractivity contribution >= 4 is 5.69 Å². The molecular weight excluding hydrogens is 464 g/mol. The molecule has 0 unspecified atom stereocenters. The zero-order valence-electron chi connectivity index (χ0n) is 17.3. The van der Waals surface area contributed by atoms with Crippen LogP contribution in [0.2, 0.25) is 0 Å². The van der Waals surface area contributed by atoms with E-state index in [2.05, 4.69) is 15.5 Å². The summed E-state index contributed by atoms with van der Waals surface area (Å²) in [6, 6.07) is 9.02. The highest BCUT2D eigenvalue weighted by atomic mass is 19.4. The number of phenolic OH excluding ortho intramolecular Hbond substituents is 1. The largest absolute Gasteiger partial charge is 0.508 e. The van der Waals surface area contributed by atoms with E-state index in [-0.39, 0.29) is 17.9 Å². The van der Waals surface area contributed by atoms with Gasteiger partial charge in [-0.15, -0.1) is 0 Å². The normalized spacial score (nSPS) is 11.6. The smallest absolute Gasteiger partial charge is 0.419 e. The van der Waals surface area contributed by atoms with Crippen LogP contribution in [0.1, 0.15) is 16.7 Å². The first kappa shape index (κ1) is 23.1. The molecule has 3 aromatic carbocycles. The van der Waals surface area contributed by atoms with Crippen LogP contribution in [0, 0.1) is 24.4 Å². The SMILES string of the molecule is Cc1ccc(-c2noc(-c3c(F)cc(O)cc3F)n2)cc1NCc1ccc(F)c(C(F)(F)F)c1. The Balaban J connectivity index is 1.58. The van der Waals surface area contributed by atoms with Gasteiger partial charge in [-0.3, -0.25) is 0 Å². The lowest BCUT2D eigenvalue weighted by molar-refractivity contribution is -0.140. The number of hydrogen-bond donors (Lipinski definition) is 2. The second-order valence-corrected chi connectivity index (χ2v) is 7.40. The van der Waals surface area contributed by atoms with Crippen LogP contribution < -0.4 is 5.32 Å². The third-order valence-corrected chi connectivity index (χ3v) is 4.98. The third-order valence-electron chi connectivity index (χ3n) is 4.98. The van der Waals surface area contributed by atoms with E-state index in [1.807, 2.05) is 0 Å². The van der Waals surface area contributed by atoms with Gasteiger partial charge in [0.05, 0.1) is 5.56 Å². The number of halogens is 6. The van der Waals surface area contributed by atoms with Crippen LogP contribution in [0.5, 0.6) is 5.75 Å². The summed E-state index contributed by atoms with van der Waals surface area (Å²) < 4.78 is 85.5. The summed E-state index contributed by atoms with van der Waals surface area (Å²) >= 11 is 0. The topological polar surface area (TPSA) is 71.2 Å². The highest BCUT2D eigenvalue weighted by molar-refractivity contribution is 5.67. The van der Waals surface area contributed by atoms with E-state index in [1.54, 1.807) is 25.1 Å². The fourth-order valence-electron chi connectivity index (χ4n) is 3.25. The zero-order chi connectivity index (χ0) is 24.6. The summed E-state index contributed by atoms with van der Waals surface area (Å²) in [5, 5.41) is 16.0. The maximum atomic E-state index is 14.1.